The van der Waals surface area contributed by atoms with Crippen molar-refractivity contribution >= 4 is 23.5 Å². The van der Waals surface area contributed by atoms with Crippen LogP contribution >= 0.6 is 11.3 Å². The number of ether oxygens (including phenoxy) is 1. The molecule has 30 heavy (non-hydrogen) atoms. The zero-order chi connectivity index (χ0) is 20.8. The molecule has 2 heterocycles. The number of carbonyl (C=O) groups is 1. The van der Waals surface area contributed by atoms with Crippen LogP contribution in [0.5, 0.6) is 5.75 Å². The molecule has 0 aliphatic rings. The SMILES string of the molecule is COc1ccc(C(=O)N/N=C\c2cn(Cc3ccccc3)nc2-c2cccs2)cc1. The number of rotatable bonds is 7. The number of nitrogens with zero attached hydrogens (tertiary/aromatic N) is 3. The van der Waals surface area contributed by atoms with Gasteiger partial charge in [0.1, 0.15) is 11.4 Å². The standard InChI is InChI=1S/C23H20N4O2S/c1-29-20-11-9-18(10-12-20)23(28)25-24-14-19-16-27(15-17-6-3-2-4-7-17)26-22(19)21-8-5-13-30-21/h2-14,16H,15H2,1H3,(H,25,28)/b24-14-. The summed E-state index contributed by atoms with van der Waals surface area (Å²) < 4.78 is 7.00. The second kappa shape index (κ2) is 9.19. The number of hydrogen-bond donors (Lipinski definition) is 1. The van der Waals surface area contributed by atoms with Crippen molar-refractivity contribution in [2.75, 3.05) is 7.11 Å². The maximum absolute atomic E-state index is 12.3. The van der Waals surface area contributed by atoms with Crippen LogP contribution in [0.4, 0.5) is 0 Å². The Kier molecular flexibility index (Phi) is 6.01. The van der Waals surface area contributed by atoms with E-state index < -0.39 is 0 Å². The molecule has 0 atom stereocenters. The Morgan fingerprint density at radius 2 is 1.93 bits per heavy atom. The van der Waals surface area contributed by atoms with Crippen molar-refractivity contribution in [1.82, 2.24) is 15.2 Å². The lowest BCUT2D eigenvalue weighted by Gasteiger charge is -2.02. The van der Waals surface area contributed by atoms with Crippen molar-refractivity contribution < 1.29 is 9.53 Å². The molecule has 7 heteroatoms. The Morgan fingerprint density at radius 1 is 1.13 bits per heavy atom. The molecule has 0 spiro atoms. The average Bonchev–Trinajstić information content (AvgIpc) is 3.44. The molecule has 150 valence electrons. The largest absolute Gasteiger partial charge is 0.497 e. The lowest BCUT2D eigenvalue weighted by Crippen LogP contribution is -2.17. The van der Waals surface area contributed by atoms with Crippen molar-refractivity contribution in [2.45, 2.75) is 6.54 Å². The highest BCUT2D eigenvalue weighted by molar-refractivity contribution is 7.13. The third-order valence-electron chi connectivity index (χ3n) is 4.45. The third kappa shape index (κ3) is 4.64. The topological polar surface area (TPSA) is 68.5 Å². The maximum Gasteiger partial charge on any atom is 0.271 e. The summed E-state index contributed by atoms with van der Waals surface area (Å²) in [7, 11) is 1.59. The van der Waals surface area contributed by atoms with E-state index in [9.17, 15) is 4.79 Å². The van der Waals surface area contributed by atoms with Gasteiger partial charge in [0, 0.05) is 17.3 Å². The molecule has 0 aliphatic heterocycles. The van der Waals surface area contributed by atoms with Gasteiger partial charge in [-0.1, -0.05) is 36.4 Å². The highest BCUT2D eigenvalue weighted by Crippen LogP contribution is 2.26. The average molecular weight is 417 g/mol. The second-order valence-electron chi connectivity index (χ2n) is 6.52. The monoisotopic (exact) mass is 416 g/mol. The van der Waals surface area contributed by atoms with Crippen LogP contribution in [0.15, 0.2) is 83.4 Å². The van der Waals surface area contributed by atoms with E-state index in [4.69, 9.17) is 9.84 Å². The number of aromatic nitrogens is 2. The van der Waals surface area contributed by atoms with Crippen molar-refractivity contribution in [3.05, 3.63) is 95.0 Å². The first-order valence-corrected chi connectivity index (χ1v) is 10.2. The highest BCUT2D eigenvalue weighted by atomic mass is 32.1. The first-order chi connectivity index (χ1) is 14.7. The normalized spacial score (nSPS) is 11.0. The Balaban J connectivity index is 1.52. The second-order valence-corrected chi connectivity index (χ2v) is 7.47. The number of thiophene rings is 1. The molecule has 4 rings (SSSR count). The van der Waals surface area contributed by atoms with Crippen LogP contribution in [-0.2, 0) is 6.54 Å². The Labute approximate surface area is 178 Å². The lowest BCUT2D eigenvalue weighted by molar-refractivity contribution is 0.0955. The maximum atomic E-state index is 12.3. The minimum atomic E-state index is -0.289. The summed E-state index contributed by atoms with van der Waals surface area (Å²) in [5, 5.41) is 10.9. The van der Waals surface area contributed by atoms with Gasteiger partial charge in [0.25, 0.3) is 5.91 Å². The van der Waals surface area contributed by atoms with E-state index in [-0.39, 0.29) is 5.91 Å². The molecule has 0 saturated heterocycles. The van der Waals surface area contributed by atoms with Gasteiger partial charge in [-0.15, -0.1) is 11.3 Å². The van der Waals surface area contributed by atoms with E-state index in [1.165, 1.54) is 0 Å². The first-order valence-electron chi connectivity index (χ1n) is 9.35. The van der Waals surface area contributed by atoms with E-state index in [2.05, 4.69) is 22.7 Å². The van der Waals surface area contributed by atoms with Gasteiger partial charge in [-0.3, -0.25) is 9.48 Å². The minimum absolute atomic E-state index is 0.289. The Hall–Kier alpha value is -3.71. The highest BCUT2D eigenvalue weighted by Gasteiger charge is 2.12. The number of methoxy groups -OCH3 is 1. The molecule has 4 aromatic rings. The van der Waals surface area contributed by atoms with Crippen LogP contribution in [0.2, 0.25) is 0 Å². The Bertz CT molecular complexity index is 1130. The summed E-state index contributed by atoms with van der Waals surface area (Å²) >= 11 is 1.61. The molecule has 0 saturated carbocycles. The van der Waals surface area contributed by atoms with E-state index in [0.717, 1.165) is 21.7 Å². The van der Waals surface area contributed by atoms with Gasteiger partial charge >= 0.3 is 0 Å². The van der Waals surface area contributed by atoms with E-state index in [0.29, 0.717) is 17.9 Å². The summed E-state index contributed by atoms with van der Waals surface area (Å²) in [6, 6.07) is 21.0. The molecular formula is C23H20N4O2S. The molecule has 1 N–H and O–H groups in total. The smallest absolute Gasteiger partial charge is 0.271 e. The molecule has 0 fully saturated rings. The van der Waals surface area contributed by atoms with Gasteiger partial charge in [0.2, 0.25) is 0 Å². The van der Waals surface area contributed by atoms with Crippen LogP contribution in [0.1, 0.15) is 21.5 Å². The first kappa shape index (κ1) is 19.6. The molecule has 0 bridgehead atoms. The van der Waals surface area contributed by atoms with Crippen LogP contribution in [0, 0.1) is 0 Å². The number of benzene rings is 2. The van der Waals surface area contributed by atoms with E-state index >= 15 is 0 Å². The third-order valence-corrected chi connectivity index (χ3v) is 5.33. The van der Waals surface area contributed by atoms with Gasteiger partial charge in [0.15, 0.2) is 0 Å². The van der Waals surface area contributed by atoms with Crippen LogP contribution < -0.4 is 10.2 Å². The fourth-order valence-electron chi connectivity index (χ4n) is 2.95. The predicted octanol–water partition coefficient (Wildman–Crippen LogP) is 4.43. The number of amides is 1. The van der Waals surface area contributed by atoms with Crippen LogP contribution in [0.25, 0.3) is 10.6 Å². The van der Waals surface area contributed by atoms with Gasteiger partial charge in [-0.2, -0.15) is 10.2 Å². The van der Waals surface area contributed by atoms with Crippen molar-refractivity contribution in [3.8, 4) is 16.3 Å². The molecule has 0 radical (unpaired) electrons. The molecule has 1 amide bonds. The number of hydrazone groups is 1. The van der Waals surface area contributed by atoms with Gasteiger partial charge in [-0.05, 0) is 41.3 Å². The summed E-state index contributed by atoms with van der Waals surface area (Å²) in [6.45, 7) is 0.658. The number of nitrogens with one attached hydrogen (secondary N) is 1. The molecule has 2 aromatic carbocycles. The molecule has 0 aliphatic carbocycles. The summed E-state index contributed by atoms with van der Waals surface area (Å²) in [4.78, 5) is 13.4. The minimum Gasteiger partial charge on any atom is -0.497 e. The fourth-order valence-corrected chi connectivity index (χ4v) is 3.69. The number of hydrogen-bond acceptors (Lipinski definition) is 5. The van der Waals surface area contributed by atoms with Gasteiger partial charge < -0.3 is 4.74 Å². The van der Waals surface area contributed by atoms with Crippen molar-refractivity contribution in [3.63, 3.8) is 0 Å². The fraction of sp³-hybridized carbons (Fsp3) is 0.0870. The zero-order valence-electron chi connectivity index (χ0n) is 16.4. The zero-order valence-corrected chi connectivity index (χ0v) is 17.2. The quantitative estimate of drug-likeness (QED) is 0.358. The van der Waals surface area contributed by atoms with Crippen molar-refractivity contribution in [1.29, 1.82) is 0 Å². The van der Waals surface area contributed by atoms with Crippen LogP contribution in [0.3, 0.4) is 0 Å². The lowest BCUT2D eigenvalue weighted by atomic mass is 10.2. The van der Waals surface area contributed by atoms with E-state index in [1.807, 2.05) is 46.6 Å². The molecular weight excluding hydrogens is 396 g/mol. The predicted molar refractivity (Wildman–Crippen MR) is 119 cm³/mol. The number of carbonyl (C=O) groups excluding carboxylic acids is 1. The van der Waals surface area contributed by atoms with Gasteiger partial charge in [-0.25, -0.2) is 5.43 Å². The van der Waals surface area contributed by atoms with E-state index in [1.54, 1.807) is 48.9 Å². The summed E-state index contributed by atoms with van der Waals surface area (Å²) in [5.74, 6) is 0.407. The molecule has 2 aromatic heterocycles. The summed E-state index contributed by atoms with van der Waals surface area (Å²) in [6.07, 6.45) is 3.57. The Morgan fingerprint density at radius 3 is 2.63 bits per heavy atom. The van der Waals surface area contributed by atoms with Crippen molar-refractivity contribution in [2.24, 2.45) is 5.10 Å². The molecule has 0 unspecified atom stereocenters. The molecule has 6 nitrogen and oxygen atoms in total. The van der Waals surface area contributed by atoms with Crippen LogP contribution in [-0.4, -0.2) is 29.0 Å². The summed E-state index contributed by atoms with van der Waals surface area (Å²) in [5.41, 5.74) is 5.91. The van der Waals surface area contributed by atoms with Gasteiger partial charge in [0.05, 0.1) is 24.7 Å².